The lowest BCUT2D eigenvalue weighted by Crippen LogP contribution is -2.54. The van der Waals surface area contributed by atoms with Crippen molar-refractivity contribution in [3.63, 3.8) is 0 Å². The molecule has 0 bridgehead atoms. The summed E-state index contributed by atoms with van der Waals surface area (Å²) in [5.74, 6) is -4.84. The van der Waals surface area contributed by atoms with Crippen molar-refractivity contribution < 1.29 is 38.2 Å². The minimum absolute atomic E-state index is 0.184. The smallest absolute Gasteiger partial charge is 0.329 e. The summed E-state index contributed by atoms with van der Waals surface area (Å²) in [6, 6.07) is -2.27. The van der Waals surface area contributed by atoms with E-state index in [1.807, 2.05) is 0 Å². The number of hydrogen-bond donors (Lipinski definition) is 2. The van der Waals surface area contributed by atoms with Crippen molar-refractivity contribution in [3.05, 3.63) is 0 Å². The number of nitrogens with one attached hydrogen (secondary N) is 2. The van der Waals surface area contributed by atoms with Gasteiger partial charge in [-0.25, -0.2) is 4.79 Å². The van der Waals surface area contributed by atoms with Gasteiger partial charge in [-0.05, 0) is 6.42 Å². The number of carbonyl (C=O) groups is 5. The van der Waals surface area contributed by atoms with Gasteiger partial charge in [0.05, 0.1) is 33.7 Å². The monoisotopic (exact) mass is 344 g/mol. The number of rotatable bonds is 7. The molecule has 2 N–H and O–H groups in total. The van der Waals surface area contributed by atoms with Gasteiger partial charge in [-0.15, -0.1) is 0 Å². The van der Waals surface area contributed by atoms with Crippen LogP contribution < -0.4 is 10.6 Å². The summed E-state index contributed by atoms with van der Waals surface area (Å²) < 4.78 is 13.7. The van der Waals surface area contributed by atoms with E-state index in [1.54, 1.807) is 0 Å². The Kier molecular flexibility index (Phi) is 7.15. The molecule has 0 aromatic rings. The highest BCUT2D eigenvalue weighted by molar-refractivity contribution is 5.95. The Labute approximate surface area is 138 Å². The number of esters is 3. The lowest BCUT2D eigenvalue weighted by molar-refractivity contribution is -0.159. The molecule has 10 nitrogen and oxygen atoms in total. The van der Waals surface area contributed by atoms with Gasteiger partial charge in [-0.1, -0.05) is 0 Å². The van der Waals surface area contributed by atoms with Crippen LogP contribution in [0.5, 0.6) is 0 Å². The molecule has 0 spiro atoms. The van der Waals surface area contributed by atoms with Crippen LogP contribution in [0.1, 0.15) is 19.3 Å². The number of carbonyl (C=O) groups excluding carboxylic acids is 5. The number of amides is 2. The van der Waals surface area contributed by atoms with E-state index in [2.05, 4.69) is 24.8 Å². The Bertz CT molecular complexity index is 533. The molecule has 0 unspecified atom stereocenters. The molecule has 0 aromatic heterocycles. The van der Waals surface area contributed by atoms with Gasteiger partial charge in [0, 0.05) is 6.42 Å². The Hall–Kier alpha value is -2.65. The fraction of sp³-hybridized carbons (Fsp3) is 0.643. The maximum Gasteiger partial charge on any atom is 0.329 e. The first-order valence-electron chi connectivity index (χ1n) is 7.16. The minimum Gasteiger partial charge on any atom is -0.469 e. The molecule has 2 amide bonds. The van der Waals surface area contributed by atoms with Gasteiger partial charge in [0.2, 0.25) is 11.8 Å². The first-order valence-corrected chi connectivity index (χ1v) is 7.16. The van der Waals surface area contributed by atoms with Gasteiger partial charge in [-0.3, -0.25) is 19.2 Å². The summed E-state index contributed by atoms with van der Waals surface area (Å²) in [6.07, 6.45) is -0.0394. The zero-order valence-electron chi connectivity index (χ0n) is 13.6. The third kappa shape index (κ3) is 4.93. The van der Waals surface area contributed by atoms with Crippen molar-refractivity contribution in [2.24, 2.45) is 5.92 Å². The van der Waals surface area contributed by atoms with Crippen molar-refractivity contribution in [3.8, 4) is 0 Å². The predicted molar refractivity (Wildman–Crippen MR) is 77.3 cm³/mol. The molecule has 0 radical (unpaired) electrons. The molecule has 1 aliphatic rings. The van der Waals surface area contributed by atoms with Crippen LogP contribution in [0.3, 0.4) is 0 Å². The normalized spacial score (nSPS) is 18.8. The van der Waals surface area contributed by atoms with Crippen LogP contribution in [0.15, 0.2) is 0 Å². The van der Waals surface area contributed by atoms with Crippen LogP contribution in [0.2, 0.25) is 0 Å². The van der Waals surface area contributed by atoms with Crippen molar-refractivity contribution >= 4 is 29.7 Å². The predicted octanol–water partition coefficient (Wildman–Crippen LogP) is -1.72. The van der Waals surface area contributed by atoms with E-state index < -0.39 is 48.2 Å². The highest BCUT2D eigenvalue weighted by atomic mass is 16.5. The summed E-state index contributed by atoms with van der Waals surface area (Å²) in [6.45, 7) is 0. The standard InChI is InChI=1S/C14H20N2O8/c1-22-10(18)6-7(13(20)23-2)11(14(21)24-3)16-12(19)8-4-5-9(17)15-8/h7-8,11H,4-6H2,1-3H3,(H,15,17)(H,16,19)/t7-,8+,11-/m0/s1. The molecule has 1 heterocycles. The van der Waals surface area contributed by atoms with Crippen molar-refractivity contribution in [2.45, 2.75) is 31.3 Å². The Morgan fingerprint density at radius 3 is 2.21 bits per heavy atom. The lowest BCUT2D eigenvalue weighted by Gasteiger charge is -2.24. The van der Waals surface area contributed by atoms with E-state index in [9.17, 15) is 24.0 Å². The number of hydrogen-bond acceptors (Lipinski definition) is 8. The molecule has 1 aliphatic heterocycles. The Morgan fingerprint density at radius 2 is 1.75 bits per heavy atom. The molecule has 0 aromatic carbocycles. The molecule has 0 saturated carbocycles. The fourth-order valence-corrected chi connectivity index (χ4v) is 2.27. The van der Waals surface area contributed by atoms with Crippen molar-refractivity contribution in [1.82, 2.24) is 10.6 Å². The number of methoxy groups -OCH3 is 3. The molecule has 10 heteroatoms. The third-order valence-electron chi connectivity index (χ3n) is 3.59. The van der Waals surface area contributed by atoms with Crippen LogP contribution in [-0.4, -0.2) is 63.1 Å². The summed E-state index contributed by atoms with van der Waals surface area (Å²) in [5, 5.41) is 4.78. The van der Waals surface area contributed by atoms with Crippen molar-refractivity contribution in [2.75, 3.05) is 21.3 Å². The molecule has 24 heavy (non-hydrogen) atoms. The second kappa shape index (κ2) is 8.85. The summed E-state index contributed by atoms with van der Waals surface area (Å²) in [4.78, 5) is 58.8. The summed E-state index contributed by atoms with van der Waals surface area (Å²) >= 11 is 0. The second-order valence-corrected chi connectivity index (χ2v) is 5.08. The SMILES string of the molecule is COC(=O)C[C@H](C(=O)OC)[C@H](NC(=O)[C@H]1CCC(=O)N1)C(=O)OC. The highest BCUT2D eigenvalue weighted by Gasteiger charge is 2.40. The Morgan fingerprint density at radius 1 is 1.12 bits per heavy atom. The van der Waals surface area contributed by atoms with E-state index in [0.717, 1.165) is 21.3 Å². The van der Waals surface area contributed by atoms with Gasteiger partial charge in [0.1, 0.15) is 12.1 Å². The number of ether oxygens (including phenoxy) is 3. The Balaban J connectivity index is 2.96. The minimum atomic E-state index is -1.45. The largest absolute Gasteiger partial charge is 0.469 e. The van der Waals surface area contributed by atoms with Crippen LogP contribution >= 0.6 is 0 Å². The maximum absolute atomic E-state index is 12.2. The van der Waals surface area contributed by atoms with E-state index in [0.29, 0.717) is 0 Å². The molecule has 3 atom stereocenters. The highest BCUT2D eigenvalue weighted by Crippen LogP contribution is 2.16. The average Bonchev–Trinajstić information content (AvgIpc) is 3.02. The first kappa shape index (κ1) is 19.4. The molecular weight excluding hydrogens is 324 g/mol. The van der Waals surface area contributed by atoms with Gasteiger partial charge >= 0.3 is 17.9 Å². The third-order valence-corrected chi connectivity index (χ3v) is 3.59. The molecule has 1 saturated heterocycles. The van der Waals surface area contributed by atoms with E-state index in [1.165, 1.54) is 0 Å². The van der Waals surface area contributed by atoms with E-state index in [-0.39, 0.29) is 18.7 Å². The van der Waals surface area contributed by atoms with Crippen LogP contribution in [-0.2, 0) is 38.2 Å². The molecule has 1 fully saturated rings. The first-order chi connectivity index (χ1) is 11.3. The molecule has 1 rings (SSSR count). The molecule has 0 aliphatic carbocycles. The van der Waals surface area contributed by atoms with Gasteiger partial charge in [0.25, 0.3) is 0 Å². The maximum atomic E-state index is 12.2. The van der Waals surface area contributed by atoms with Crippen LogP contribution in [0, 0.1) is 5.92 Å². The van der Waals surface area contributed by atoms with Crippen LogP contribution in [0.4, 0.5) is 0 Å². The fourth-order valence-electron chi connectivity index (χ4n) is 2.27. The average molecular weight is 344 g/mol. The van der Waals surface area contributed by atoms with E-state index >= 15 is 0 Å². The summed E-state index contributed by atoms with van der Waals surface area (Å²) in [5.41, 5.74) is 0. The zero-order chi connectivity index (χ0) is 18.3. The molecule has 134 valence electrons. The topological polar surface area (TPSA) is 137 Å². The van der Waals surface area contributed by atoms with Gasteiger partial charge in [-0.2, -0.15) is 0 Å². The lowest BCUT2D eigenvalue weighted by atomic mass is 9.95. The summed E-state index contributed by atoms with van der Waals surface area (Å²) in [7, 11) is 3.28. The van der Waals surface area contributed by atoms with Gasteiger partial charge in [0.15, 0.2) is 0 Å². The second-order valence-electron chi connectivity index (χ2n) is 5.08. The zero-order valence-corrected chi connectivity index (χ0v) is 13.6. The molecular formula is C14H20N2O8. The van der Waals surface area contributed by atoms with Crippen LogP contribution in [0.25, 0.3) is 0 Å². The quantitative estimate of drug-likeness (QED) is 0.411. The van der Waals surface area contributed by atoms with Gasteiger partial charge < -0.3 is 24.8 Å². The van der Waals surface area contributed by atoms with Crippen molar-refractivity contribution in [1.29, 1.82) is 0 Å². The van der Waals surface area contributed by atoms with E-state index in [4.69, 9.17) is 0 Å².